The normalized spacial score (nSPS) is 19.1. The highest BCUT2D eigenvalue weighted by molar-refractivity contribution is 5.94. The number of nitrogens with one attached hydrogen (secondary N) is 1. The number of nitrogens with zero attached hydrogens (tertiary/aromatic N) is 3. The van der Waals surface area contributed by atoms with Crippen LogP contribution in [0.3, 0.4) is 0 Å². The number of Topliss-reactive ketones (excluding diaryl/α,β-unsaturated/α-hetero) is 1. The molecule has 2 aliphatic rings. The minimum atomic E-state index is -4.58. The number of rotatable bonds is 9. The first-order valence-corrected chi connectivity index (χ1v) is 12.9. The predicted octanol–water partition coefficient (Wildman–Crippen LogP) is 4.70. The van der Waals surface area contributed by atoms with Crippen LogP contribution in [0.15, 0.2) is 30.3 Å². The average Bonchev–Trinajstić information content (AvgIpc) is 3.55. The molecule has 38 heavy (non-hydrogen) atoms. The molecule has 206 valence electrons. The summed E-state index contributed by atoms with van der Waals surface area (Å²) in [6.45, 7) is 4.57. The molecule has 1 aliphatic carbocycles. The number of hydrogen-bond donors (Lipinski definition) is 2. The van der Waals surface area contributed by atoms with Gasteiger partial charge >= 0.3 is 12.1 Å². The van der Waals surface area contributed by atoms with Gasteiger partial charge in [-0.25, -0.2) is 0 Å². The van der Waals surface area contributed by atoms with Gasteiger partial charge in [-0.2, -0.15) is 18.3 Å². The first kappa shape index (κ1) is 27.8. The van der Waals surface area contributed by atoms with Gasteiger partial charge in [-0.1, -0.05) is 31.0 Å². The van der Waals surface area contributed by atoms with Crippen molar-refractivity contribution in [3.8, 4) is 11.3 Å². The van der Waals surface area contributed by atoms with Gasteiger partial charge in [-0.05, 0) is 45.2 Å². The molecular weight excluding hydrogens is 501 g/mol. The van der Waals surface area contributed by atoms with Crippen molar-refractivity contribution in [2.24, 2.45) is 0 Å². The van der Waals surface area contributed by atoms with E-state index in [4.69, 9.17) is 0 Å². The molecule has 1 atom stereocenters. The fraction of sp³-hybridized carbons (Fsp3) is 0.556. The number of aliphatic carboxylic acids is 1. The Labute approximate surface area is 219 Å². The zero-order valence-corrected chi connectivity index (χ0v) is 21.6. The van der Waals surface area contributed by atoms with Gasteiger partial charge in [0.2, 0.25) is 0 Å². The number of amides is 1. The van der Waals surface area contributed by atoms with Crippen LogP contribution < -0.4 is 5.32 Å². The van der Waals surface area contributed by atoms with Crippen LogP contribution in [0.2, 0.25) is 0 Å². The number of carboxylic acid groups (broad SMARTS) is 1. The van der Waals surface area contributed by atoms with E-state index in [1.54, 1.807) is 0 Å². The van der Waals surface area contributed by atoms with Gasteiger partial charge in [0.05, 0.1) is 30.3 Å². The van der Waals surface area contributed by atoms with Crippen LogP contribution in [0, 0.1) is 0 Å². The van der Waals surface area contributed by atoms with Gasteiger partial charge < -0.3 is 10.4 Å². The van der Waals surface area contributed by atoms with Crippen molar-refractivity contribution in [2.75, 3.05) is 13.1 Å². The summed E-state index contributed by atoms with van der Waals surface area (Å²) in [5.41, 5.74) is -1.06. The highest BCUT2D eigenvalue weighted by Crippen LogP contribution is 2.40. The Kier molecular flexibility index (Phi) is 7.96. The van der Waals surface area contributed by atoms with E-state index in [1.807, 2.05) is 18.7 Å². The van der Waals surface area contributed by atoms with E-state index in [1.165, 1.54) is 28.9 Å². The maximum atomic E-state index is 13.8. The van der Waals surface area contributed by atoms with Crippen molar-refractivity contribution in [1.82, 2.24) is 20.0 Å². The predicted molar refractivity (Wildman–Crippen MR) is 134 cm³/mol. The van der Waals surface area contributed by atoms with Gasteiger partial charge in [-0.15, -0.1) is 0 Å². The molecular formula is C27H33F3N4O4. The minimum Gasteiger partial charge on any atom is -0.481 e. The van der Waals surface area contributed by atoms with Gasteiger partial charge in [-0.3, -0.25) is 24.0 Å². The molecule has 1 aromatic heterocycles. The fourth-order valence-corrected chi connectivity index (χ4v) is 5.55. The van der Waals surface area contributed by atoms with Gasteiger partial charge in [0, 0.05) is 30.1 Å². The van der Waals surface area contributed by atoms with E-state index in [0.29, 0.717) is 19.4 Å². The summed E-state index contributed by atoms with van der Waals surface area (Å²) in [6, 6.07) is 5.71. The minimum absolute atomic E-state index is 0.0542. The van der Waals surface area contributed by atoms with Crippen molar-refractivity contribution in [2.45, 2.75) is 82.6 Å². The number of ketones is 1. The Hall–Kier alpha value is -3.21. The molecule has 1 amide bonds. The second kappa shape index (κ2) is 10.9. The van der Waals surface area contributed by atoms with Crippen molar-refractivity contribution in [3.05, 3.63) is 41.6 Å². The molecule has 1 aromatic carbocycles. The molecule has 0 unspecified atom stereocenters. The van der Waals surface area contributed by atoms with Gasteiger partial charge in [0.25, 0.3) is 5.91 Å². The monoisotopic (exact) mass is 534 g/mol. The number of hydrogen-bond acceptors (Lipinski definition) is 5. The zero-order valence-electron chi connectivity index (χ0n) is 21.6. The first-order valence-electron chi connectivity index (χ1n) is 12.9. The van der Waals surface area contributed by atoms with Crippen LogP contribution >= 0.6 is 0 Å². The molecule has 4 rings (SSSR count). The highest BCUT2D eigenvalue weighted by atomic mass is 19.4. The SMILES string of the molecule is CC1(C)CC(=O)CN1CC[C@@H](CC(=O)O)NC(=O)c1cc(-c2ccccc2C(F)(F)F)n(C2CCCC2)n1. The van der Waals surface area contributed by atoms with Crippen LogP contribution in [0.1, 0.15) is 80.9 Å². The fourth-order valence-electron chi connectivity index (χ4n) is 5.55. The lowest BCUT2D eigenvalue weighted by atomic mass is 10.0. The molecule has 2 heterocycles. The molecule has 0 radical (unpaired) electrons. The van der Waals surface area contributed by atoms with Crippen LogP contribution in [0.25, 0.3) is 11.3 Å². The van der Waals surface area contributed by atoms with E-state index in [9.17, 15) is 32.7 Å². The number of halogens is 3. The van der Waals surface area contributed by atoms with Crippen molar-refractivity contribution in [3.63, 3.8) is 0 Å². The summed E-state index contributed by atoms with van der Waals surface area (Å²) < 4.78 is 42.9. The lowest BCUT2D eigenvalue weighted by Crippen LogP contribution is -2.43. The number of alkyl halides is 3. The van der Waals surface area contributed by atoms with Crippen molar-refractivity contribution >= 4 is 17.7 Å². The number of carbonyl (C=O) groups excluding carboxylic acids is 2. The summed E-state index contributed by atoms with van der Waals surface area (Å²) in [5, 5.41) is 16.6. The Morgan fingerprint density at radius 1 is 1.21 bits per heavy atom. The summed E-state index contributed by atoms with van der Waals surface area (Å²) in [4.78, 5) is 38.6. The molecule has 1 saturated heterocycles. The third kappa shape index (κ3) is 6.25. The van der Waals surface area contributed by atoms with Crippen molar-refractivity contribution < 1.29 is 32.7 Å². The second-order valence-electron chi connectivity index (χ2n) is 10.8. The standard InChI is InChI=1S/C27H33F3N4O4/c1-26(2)15-19(35)16-33(26)12-11-17(13-24(36)37)31-25(38)22-14-23(34(32-22)18-7-3-4-8-18)20-9-5-6-10-21(20)27(28,29)30/h5-6,9-10,14,17-18H,3-4,7-8,11-13,15-16H2,1-2H3,(H,31,38)(H,36,37)/t17-/m0/s1. The molecule has 1 aliphatic heterocycles. The molecule has 8 nitrogen and oxygen atoms in total. The molecule has 11 heteroatoms. The number of carbonyl (C=O) groups is 3. The number of likely N-dealkylation sites (tertiary alicyclic amines) is 1. The summed E-state index contributed by atoms with van der Waals surface area (Å²) in [5.74, 6) is -1.63. The smallest absolute Gasteiger partial charge is 0.417 e. The lowest BCUT2D eigenvalue weighted by Gasteiger charge is -2.31. The summed E-state index contributed by atoms with van der Waals surface area (Å²) in [7, 11) is 0. The van der Waals surface area contributed by atoms with E-state index >= 15 is 0 Å². The maximum absolute atomic E-state index is 13.8. The zero-order chi connectivity index (χ0) is 27.7. The highest BCUT2D eigenvalue weighted by Gasteiger charge is 2.38. The quantitative estimate of drug-likeness (QED) is 0.483. The van der Waals surface area contributed by atoms with E-state index in [0.717, 1.165) is 31.7 Å². The van der Waals surface area contributed by atoms with Crippen LogP contribution in [-0.2, 0) is 15.8 Å². The van der Waals surface area contributed by atoms with Crippen LogP contribution in [0.5, 0.6) is 0 Å². The van der Waals surface area contributed by atoms with Crippen molar-refractivity contribution in [1.29, 1.82) is 0 Å². The van der Waals surface area contributed by atoms with E-state index in [-0.39, 0.29) is 47.3 Å². The molecule has 2 aromatic rings. The molecule has 0 spiro atoms. The lowest BCUT2D eigenvalue weighted by molar-refractivity contribution is -0.138. The number of carboxylic acids is 1. The maximum Gasteiger partial charge on any atom is 0.417 e. The molecule has 1 saturated carbocycles. The summed E-state index contributed by atoms with van der Waals surface area (Å²) in [6.07, 6.45) is -0.884. The molecule has 2 N–H and O–H groups in total. The number of aromatic nitrogens is 2. The number of benzene rings is 1. The Morgan fingerprint density at radius 2 is 1.89 bits per heavy atom. The van der Waals surface area contributed by atoms with Crippen LogP contribution in [0.4, 0.5) is 13.2 Å². The molecule has 0 bridgehead atoms. The molecule has 2 fully saturated rings. The second-order valence-corrected chi connectivity index (χ2v) is 10.8. The third-order valence-electron chi connectivity index (χ3n) is 7.50. The Balaban J connectivity index is 1.59. The Bertz CT molecular complexity index is 1200. The van der Waals surface area contributed by atoms with E-state index < -0.39 is 29.7 Å². The topological polar surface area (TPSA) is 105 Å². The first-order chi connectivity index (χ1) is 17.8. The Morgan fingerprint density at radius 3 is 2.50 bits per heavy atom. The summed E-state index contributed by atoms with van der Waals surface area (Å²) >= 11 is 0. The third-order valence-corrected chi connectivity index (χ3v) is 7.50. The average molecular weight is 535 g/mol. The van der Waals surface area contributed by atoms with E-state index in [2.05, 4.69) is 10.4 Å². The van der Waals surface area contributed by atoms with Gasteiger partial charge in [0.1, 0.15) is 5.78 Å². The van der Waals surface area contributed by atoms with Gasteiger partial charge in [0.15, 0.2) is 5.69 Å². The van der Waals surface area contributed by atoms with Crippen LogP contribution in [-0.4, -0.2) is 62.1 Å². The largest absolute Gasteiger partial charge is 0.481 e.